The SMILES string of the molecule is CN=C(NCCc1ncc(C)s1)N1CCC(CN2CCCCC2)C1.I. The Hall–Kier alpha value is -0.410. The van der Waals surface area contributed by atoms with Crippen molar-refractivity contribution < 1.29 is 0 Å². The number of thiazole rings is 1. The Labute approximate surface area is 173 Å². The van der Waals surface area contributed by atoms with E-state index in [1.807, 2.05) is 13.2 Å². The van der Waals surface area contributed by atoms with Crippen LogP contribution in [0.15, 0.2) is 11.2 Å². The van der Waals surface area contributed by atoms with E-state index in [4.69, 9.17) is 0 Å². The van der Waals surface area contributed by atoms with E-state index in [1.54, 1.807) is 11.3 Å². The van der Waals surface area contributed by atoms with Crippen LogP contribution in [-0.2, 0) is 6.42 Å². The molecule has 1 aromatic rings. The molecular formula is C18H32IN5S. The fourth-order valence-electron chi connectivity index (χ4n) is 3.81. The number of halogens is 1. The molecule has 1 atom stereocenters. The van der Waals surface area contributed by atoms with Gasteiger partial charge in [0.2, 0.25) is 0 Å². The van der Waals surface area contributed by atoms with Gasteiger partial charge < -0.3 is 15.1 Å². The maximum absolute atomic E-state index is 4.49. The fraction of sp³-hybridized carbons (Fsp3) is 0.778. The lowest BCUT2D eigenvalue weighted by Crippen LogP contribution is -2.41. The summed E-state index contributed by atoms with van der Waals surface area (Å²) in [7, 11) is 1.90. The molecule has 0 aromatic carbocycles. The van der Waals surface area contributed by atoms with Crippen LogP contribution in [-0.4, -0.2) is 67.1 Å². The summed E-state index contributed by atoms with van der Waals surface area (Å²) < 4.78 is 0. The minimum absolute atomic E-state index is 0. The largest absolute Gasteiger partial charge is 0.356 e. The normalized spacial score (nSPS) is 22.1. The summed E-state index contributed by atoms with van der Waals surface area (Å²) >= 11 is 1.79. The zero-order chi connectivity index (χ0) is 16.8. The van der Waals surface area contributed by atoms with Crippen molar-refractivity contribution in [1.29, 1.82) is 0 Å². The van der Waals surface area contributed by atoms with Gasteiger partial charge in [-0.15, -0.1) is 35.3 Å². The summed E-state index contributed by atoms with van der Waals surface area (Å²) in [6, 6.07) is 0. The Kier molecular flexibility index (Phi) is 8.92. The molecule has 3 heterocycles. The lowest BCUT2D eigenvalue weighted by molar-refractivity contribution is 0.198. The molecule has 0 spiro atoms. The molecule has 0 amide bonds. The standard InChI is InChI=1S/C18H31N5S.HI/c1-15-12-21-17(24-15)6-8-20-18(19-2)23-11-7-16(14-23)13-22-9-4-3-5-10-22;/h12,16H,3-11,13-14H2,1-2H3,(H,19,20);1H. The van der Waals surface area contributed by atoms with Gasteiger partial charge in [-0.25, -0.2) is 4.98 Å². The van der Waals surface area contributed by atoms with Gasteiger partial charge in [-0.3, -0.25) is 4.99 Å². The lowest BCUT2D eigenvalue weighted by Gasteiger charge is -2.29. The van der Waals surface area contributed by atoms with E-state index in [2.05, 4.69) is 32.0 Å². The molecule has 1 unspecified atom stereocenters. The van der Waals surface area contributed by atoms with Crippen LogP contribution < -0.4 is 5.32 Å². The van der Waals surface area contributed by atoms with Crippen molar-refractivity contribution in [2.75, 3.05) is 46.3 Å². The van der Waals surface area contributed by atoms with Crippen LogP contribution in [0.4, 0.5) is 0 Å². The first kappa shape index (κ1) is 20.9. The first-order chi connectivity index (χ1) is 11.7. The number of piperidine rings is 1. The number of aromatic nitrogens is 1. The van der Waals surface area contributed by atoms with Crippen LogP contribution in [0.25, 0.3) is 0 Å². The third-order valence-electron chi connectivity index (χ3n) is 5.05. The lowest BCUT2D eigenvalue weighted by atomic mass is 10.1. The Morgan fingerprint density at radius 2 is 2.12 bits per heavy atom. The Morgan fingerprint density at radius 3 is 2.80 bits per heavy atom. The smallest absolute Gasteiger partial charge is 0.193 e. The first-order valence-electron chi connectivity index (χ1n) is 9.34. The summed E-state index contributed by atoms with van der Waals surface area (Å²) in [5.74, 6) is 1.85. The van der Waals surface area contributed by atoms with E-state index in [0.29, 0.717) is 0 Å². The highest BCUT2D eigenvalue weighted by Gasteiger charge is 2.26. The van der Waals surface area contributed by atoms with E-state index >= 15 is 0 Å². The molecule has 0 saturated carbocycles. The molecule has 0 radical (unpaired) electrons. The Bertz CT molecular complexity index is 541. The van der Waals surface area contributed by atoms with Crippen molar-refractivity contribution in [2.45, 2.75) is 39.0 Å². The van der Waals surface area contributed by atoms with Crippen LogP contribution in [0.5, 0.6) is 0 Å². The van der Waals surface area contributed by atoms with E-state index in [0.717, 1.165) is 37.9 Å². The van der Waals surface area contributed by atoms with Crippen molar-refractivity contribution in [3.05, 3.63) is 16.1 Å². The molecule has 0 bridgehead atoms. The van der Waals surface area contributed by atoms with Crippen LogP contribution in [0.2, 0.25) is 0 Å². The number of hydrogen-bond acceptors (Lipinski definition) is 4. The van der Waals surface area contributed by atoms with E-state index in [9.17, 15) is 0 Å². The Balaban J connectivity index is 0.00000225. The molecule has 1 aromatic heterocycles. The predicted octanol–water partition coefficient (Wildman–Crippen LogP) is 3.00. The topological polar surface area (TPSA) is 43.8 Å². The highest BCUT2D eigenvalue weighted by atomic mass is 127. The maximum Gasteiger partial charge on any atom is 0.193 e. The highest BCUT2D eigenvalue weighted by molar-refractivity contribution is 14.0. The van der Waals surface area contributed by atoms with E-state index < -0.39 is 0 Å². The van der Waals surface area contributed by atoms with Gasteiger partial charge in [0.1, 0.15) is 0 Å². The van der Waals surface area contributed by atoms with E-state index in [1.165, 1.54) is 55.2 Å². The quantitative estimate of drug-likeness (QED) is 0.403. The molecule has 1 N–H and O–H groups in total. The fourth-order valence-corrected chi connectivity index (χ4v) is 4.60. The van der Waals surface area contributed by atoms with Crippen molar-refractivity contribution in [3.8, 4) is 0 Å². The summed E-state index contributed by atoms with van der Waals surface area (Å²) in [5, 5.41) is 4.73. The van der Waals surface area contributed by atoms with Crippen molar-refractivity contribution in [1.82, 2.24) is 20.1 Å². The van der Waals surface area contributed by atoms with Crippen LogP contribution in [0.3, 0.4) is 0 Å². The summed E-state index contributed by atoms with van der Waals surface area (Å²) in [4.78, 5) is 15.3. The highest BCUT2D eigenvalue weighted by Crippen LogP contribution is 2.20. The second-order valence-corrected chi connectivity index (χ2v) is 8.37. The second-order valence-electron chi connectivity index (χ2n) is 7.05. The number of nitrogens with one attached hydrogen (secondary N) is 1. The molecule has 0 aliphatic carbocycles. The average molecular weight is 477 g/mol. The van der Waals surface area contributed by atoms with Crippen LogP contribution >= 0.6 is 35.3 Å². The van der Waals surface area contributed by atoms with Gasteiger partial charge in [0, 0.05) is 50.7 Å². The van der Waals surface area contributed by atoms with Gasteiger partial charge in [-0.2, -0.15) is 0 Å². The van der Waals surface area contributed by atoms with Gasteiger partial charge in [-0.05, 0) is 45.2 Å². The number of rotatable bonds is 5. The second kappa shape index (κ2) is 10.7. The van der Waals surface area contributed by atoms with Gasteiger partial charge >= 0.3 is 0 Å². The molecule has 7 heteroatoms. The minimum Gasteiger partial charge on any atom is -0.356 e. The molecular weight excluding hydrogens is 445 g/mol. The molecule has 142 valence electrons. The molecule has 2 fully saturated rings. The molecule has 2 aliphatic rings. The molecule has 2 saturated heterocycles. The third kappa shape index (κ3) is 6.36. The number of guanidine groups is 1. The summed E-state index contributed by atoms with van der Waals surface area (Å²) in [5.41, 5.74) is 0. The third-order valence-corrected chi connectivity index (χ3v) is 6.03. The average Bonchev–Trinajstić information content (AvgIpc) is 3.22. The number of hydrogen-bond donors (Lipinski definition) is 1. The van der Waals surface area contributed by atoms with Gasteiger partial charge in [-0.1, -0.05) is 6.42 Å². The van der Waals surface area contributed by atoms with E-state index in [-0.39, 0.29) is 24.0 Å². The van der Waals surface area contributed by atoms with Gasteiger partial charge in [0.15, 0.2) is 5.96 Å². The van der Waals surface area contributed by atoms with Crippen LogP contribution in [0.1, 0.15) is 35.6 Å². The zero-order valence-corrected chi connectivity index (χ0v) is 18.7. The number of aliphatic imine (C=N–C) groups is 1. The number of nitrogens with zero attached hydrogens (tertiary/aromatic N) is 4. The van der Waals surface area contributed by atoms with Gasteiger partial charge in [0.25, 0.3) is 0 Å². The number of likely N-dealkylation sites (tertiary alicyclic amines) is 2. The Morgan fingerprint density at radius 1 is 1.32 bits per heavy atom. The summed E-state index contributed by atoms with van der Waals surface area (Å²) in [6.45, 7) is 9.17. The predicted molar refractivity (Wildman–Crippen MR) is 117 cm³/mol. The zero-order valence-electron chi connectivity index (χ0n) is 15.5. The number of aryl methyl sites for hydroxylation is 1. The molecule has 3 rings (SSSR count). The van der Waals surface area contributed by atoms with Crippen LogP contribution in [0, 0.1) is 12.8 Å². The minimum atomic E-state index is 0. The van der Waals surface area contributed by atoms with Crippen molar-refractivity contribution in [3.63, 3.8) is 0 Å². The van der Waals surface area contributed by atoms with Crippen molar-refractivity contribution >= 4 is 41.3 Å². The maximum atomic E-state index is 4.49. The summed E-state index contributed by atoms with van der Waals surface area (Å²) in [6.07, 6.45) is 8.42. The van der Waals surface area contributed by atoms with Crippen molar-refractivity contribution in [2.24, 2.45) is 10.9 Å². The molecule has 2 aliphatic heterocycles. The molecule has 25 heavy (non-hydrogen) atoms. The van der Waals surface area contributed by atoms with Gasteiger partial charge in [0.05, 0.1) is 5.01 Å². The first-order valence-corrected chi connectivity index (χ1v) is 10.2. The monoisotopic (exact) mass is 477 g/mol. The molecule has 5 nitrogen and oxygen atoms in total.